The largest absolute Gasteiger partial charge is 0.307 e. The summed E-state index contributed by atoms with van der Waals surface area (Å²) in [6, 6.07) is 16.7. The summed E-state index contributed by atoms with van der Waals surface area (Å²) in [6.07, 6.45) is 3.52. The summed E-state index contributed by atoms with van der Waals surface area (Å²) in [5.74, 6) is -0.00610. The fourth-order valence-electron chi connectivity index (χ4n) is 3.01. The Morgan fingerprint density at radius 2 is 1.96 bits per heavy atom. The van der Waals surface area contributed by atoms with E-state index in [1.165, 1.54) is 16.7 Å². The molecule has 2 heterocycles. The molecule has 0 N–H and O–H groups in total. The van der Waals surface area contributed by atoms with Crippen LogP contribution in [-0.4, -0.2) is 22.0 Å². The molecule has 0 spiro atoms. The molecule has 1 aliphatic heterocycles. The van der Waals surface area contributed by atoms with Gasteiger partial charge in [-0.25, -0.2) is 0 Å². The minimum Gasteiger partial charge on any atom is -0.307 e. The maximum Gasteiger partial charge on any atom is 0.271 e. The highest BCUT2D eigenvalue weighted by atomic mass is 32.1. The van der Waals surface area contributed by atoms with E-state index >= 15 is 0 Å². The Hall–Kier alpha value is -2.53. The number of hydrogen-bond acceptors (Lipinski definition) is 4. The van der Waals surface area contributed by atoms with Gasteiger partial charge in [-0.05, 0) is 53.2 Å². The van der Waals surface area contributed by atoms with Gasteiger partial charge in [0.25, 0.3) is 5.91 Å². The lowest BCUT2D eigenvalue weighted by molar-refractivity contribution is 0.0989. The average molecular weight is 321 g/mol. The van der Waals surface area contributed by atoms with Crippen LogP contribution in [0.5, 0.6) is 0 Å². The van der Waals surface area contributed by atoms with Gasteiger partial charge in [-0.3, -0.25) is 4.79 Å². The molecule has 23 heavy (non-hydrogen) atoms. The molecule has 0 atom stereocenters. The number of fused-ring (bicyclic) bond motifs is 1. The number of aromatic nitrogens is 2. The second kappa shape index (κ2) is 5.93. The first kappa shape index (κ1) is 14.1. The van der Waals surface area contributed by atoms with Crippen LogP contribution in [-0.2, 0) is 6.42 Å². The standard InChI is InChI=1S/C18H15N3OS/c22-18(17-12-19-20-23-17)21-10-4-7-15-11-14(8-9-16(15)21)13-5-2-1-3-6-13/h1-3,5-6,8-9,11-12H,4,7,10H2. The SMILES string of the molecule is O=C(c1cnns1)N1CCCc2cc(-c3ccccc3)ccc21. The third kappa shape index (κ3) is 2.64. The maximum absolute atomic E-state index is 12.6. The zero-order chi connectivity index (χ0) is 15.6. The summed E-state index contributed by atoms with van der Waals surface area (Å²) in [6.45, 7) is 0.744. The lowest BCUT2D eigenvalue weighted by atomic mass is 9.96. The maximum atomic E-state index is 12.6. The molecule has 114 valence electrons. The van der Waals surface area contributed by atoms with Crippen molar-refractivity contribution in [1.82, 2.24) is 9.59 Å². The molecule has 4 rings (SSSR count). The second-order valence-electron chi connectivity index (χ2n) is 5.55. The quantitative estimate of drug-likeness (QED) is 0.721. The normalized spacial score (nSPS) is 13.7. The number of carbonyl (C=O) groups excluding carboxylic acids is 1. The van der Waals surface area contributed by atoms with Crippen LogP contribution in [0.1, 0.15) is 21.7 Å². The van der Waals surface area contributed by atoms with E-state index < -0.39 is 0 Å². The summed E-state index contributed by atoms with van der Waals surface area (Å²) >= 11 is 1.15. The van der Waals surface area contributed by atoms with Gasteiger partial charge >= 0.3 is 0 Å². The number of aryl methyl sites for hydroxylation is 1. The minimum atomic E-state index is -0.00610. The number of nitrogens with zero attached hydrogens (tertiary/aromatic N) is 3. The molecule has 1 aromatic heterocycles. The minimum absolute atomic E-state index is 0.00610. The van der Waals surface area contributed by atoms with Gasteiger partial charge in [-0.2, -0.15) is 0 Å². The number of carbonyl (C=O) groups is 1. The molecule has 0 saturated carbocycles. The van der Waals surface area contributed by atoms with Gasteiger partial charge in [0.05, 0.1) is 6.20 Å². The monoisotopic (exact) mass is 321 g/mol. The van der Waals surface area contributed by atoms with Crippen molar-refractivity contribution in [1.29, 1.82) is 0 Å². The molecule has 5 heteroatoms. The van der Waals surface area contributed by atoms with Crippen molar-refractivity contribution >= 4 is 23.1 Å². The van der Waals surface area contributed by atoms with Gasteiger partial charge in [0.2, 0.25) is 0 Å². The molecule has 0 radical (unpaired) electrons. The average Bonchev–Trinajstić information content (AvgIpc) is 3.15. The Morgan fingerprint density at radius 1 is 1.09 bits per heavy atom. The smallest absolute Gasteiger partial charge is 0.271 e. The number of hydrogen-bond donors (Lipinski definition) is 0. The van der Waals surface area contributed by atoms with Crippen molar-refractivity contribution in [3.63, 3.8) is 0 Å². The third-order valence-electron chi connectivity index (χ3n) is 4.12. The van der Waals surface area contributed by atoms with Crippen LogP contribution in [0.4, 0.5) is 5.69 Å². The molecule has 1 amide bonds. The molecule has 2 aromatic carbocycles. The molecule has 0 aliphatic carbocycles. The number of rotatable bonds is 2. The predicted octanol–water partition coefficient (Wildman–Crippen LogP) is 3.80. The van der Waals surface area contributed by atoms with E-state index in [1.807, 2.05) is 23.1 Å². The van der Waals surface area contributed by atoms with Gasteiger partial charge in [0, 0.05) is 12.2 Å². The van der Waals surface area contributed by atoms with Gasteiger partial charge in [-0.1, -0.05) is 40.9 Å². The Labute approximate surface area is 138 Å². The van der Waals surface area contributed by atoms with Crippen molar-refractivity contribution in [3.8, 4) is 11.1 Å². The first-order valence-corrected chi connectivity index (χ1v) is 8.38. The molecule has 0 saturated heterocycles. The fourth-order valence-corrected chi connectivity index (χ4v) is 3.48. The van der Waals surface area contributed by atoms with Crippen molar-refractivity contribution < 1.29 is 4.79 Å². The van der Waals surface area contributed by atoms with E-state index in [1.54, 1.807) is 6.20 Å². The zero-order valence-electron chi connectivity index (χ0n) is 12.5. The molecule has 0 bridgehead atoms. The van der Waals surface area contributed by atoms with Crippen molar-refractivity contribution in [2.45, 2.75) is 12.8 Å². The first-order chi connectivity index (χ1) is 11.3. The van der Waals surface area contributed by atoms with Crippen molar-refractivity contribution in [2.24, 2.45) is 0 Å². The third-order valence-corrected chi connectivity index (χ3v) is 4.78. The lowest BCUT2D eigenvalue weighted by Crippen LogP contribution is -2.35. The second-order valence-corrected chi connectivity index (χ2v) is 6.34. The first-order valence-electron chi connectivity index (χ1n) is 7.60. The van der Waals surface area contributed by atoms with Crippen LogP contribution in [0.25, 0.3) is 11.1 Å². The number of benzene rings is 2. The highest BCUT2D eigenvalue weighted by molar-refractivity contribution is 7.07. The molecular weight excluding hydrogens is 306 g/mol. The molecule has 0 fully saturated rings. The number of anilines is 1. The molecule has 4 nitrogen and oxygen atoms in total. The number of amides is 1. The predicted molar refractivity (Wildman–Crippen MR) is 91.8 cm³/mol. The lowest BCUT2D eigenvalue weighted by Gasteiger charge is -2.29. The van der Waals surface area contributed by atoms with Crippen LogP contribution in [0.15, 0.2) is 54.7 Å². The molecule has 0 unspecified atom stereocenters. The van der Waals surface area contributed by atoms with E-state index in [0.29, 0.717) is 4.88 Å². The molecule has 3 aromatic rings. The van der Waals surface area contributed by atoms with E-state index in [-0.39, 0.29) is 5.91 Å². The zero-order valence-corrected chi connectivity index (χ0v) is 13.3. The van der Waals surface area contributed by atoms with Crippen LogP contribution in [0.2, 0.25) is 0 Å². The Kier molecular flexibility index (Phi) is 3.63. The van der Waals surface area contributed by atoms with Gasteiger partial charge in [-0.15, -0.1) is 5.10 Å². The van der Waals surface area contributed by atoms with Gasteiger partial charge < -0.3 is 4.90 Å². The Morgan fingerprint density at radius 3 is 2.74 bits per heavy atom. The molecular formula is C18H15N3OS. The van der Waals surface area contributed by atoms with Crippen LogP contribution < -0.4 is 4.90 Å². The van der Waals surface area contributed by atoms with E-state index in [9.17, 15) is 4.79 Å². The van der Waals surface area contributed by atoms with Crippen LogP contribution >= 0.6 is 11.5 Å². The summed E-state index contributed by atoms with van der Waals surface area (Å²) in [4.78, 5) is 15.1. The van der Waals surface area contributed by atoms with Gasteiger partial charge in [0.1, 0.15) is 4.88 Å². The highest BCUT2D eigenvalue weighted by Gasteiger charge is 2.25. The van der Waals surface area contributed by atoms with Crippen LogP contribution in [0, 0.1) is 0 Å². The van der Waals surface area contributed by atoms with Crippen LogP contribution in [0.3, 0.4) is 0 Å². The van der Waals surface area contributed by atoms with Gasteiger partial charge in [0.15, 0.2) is 0 Å². The van der Waals surface area contributed by atoms with Crippen molar-refractivity contribution in [2.75, 3.05) is 11.4 Å². The fraction of sp³-hybridized carbons (Fsp3) is 0.167. The Balaban J connectivity index is 1.71. The molecule has 1 aliphatic rings. The Bertz CT molecular complexity index is 831. The summed E-state index contributed by atoms with van der Waals surface area (Å²) in [5, 5.41) is 3.77. The summed E-state index contributed by atoms with van der Waals surface area (Å²) < 4.78 is 3.79. The van der Waals surface area contributed by atoms with E-state index in [0.717, 1.165) is 36.6 Å². The van der Waals surface area contributed by atoms with E-state index in [2.05, 4.69) is 39.9 Å². The summed E-state index contributed by atoms with van der Waals surface area (Å²) in [5.41, 5.74) is 4.63. The summed E-state index contributed by atoms with van der Waals surface area (Å²) in [7, 11) is 0. The van der Waals surface area contributed by atoms with E-state index in [4.69, 9.17) is 0 Å². The van der Waals surface area contributed by atoms with Crippen molar-refractivity contribution in [3.05, 3.63) is 65.2 Å². The highest BCUT2D eigenvalue weighted by Crippen LogP contribution is 2.32. The topological polar surface area (TPSA) is 46.1 Å².